The van der Waals surface area contributed by atoms with Gasteiger partial charge >= 0.3 is 0 Å². The van der Waals surface area contributed by atoms with Crippen LogP contribution in [0.2, 0.25) is 0 Å². The van der Waals surface area contributed by atoms with Gasteiger partial charge in [0.2, 0.25) is 0 Å². The molecule has 5 heteroatoms. The minimum absolute atomic E-state index is 0.0733. The van der Waals surface area contributed by atoms with Crippen LogP contribution in [0.25, 0.3) is 10.2 Å². The van der Waals surface area contributed by atoms with Gasteiger partial charge in [-0.2, -0.15) is 0 Å². The summed E-state index contributed by atoms with van der Waals surface area (Å²) >= 11 is 1.73. The van der Waals surface area contributed by atoms with Crippen LogP contribution in [0.4, 0.5) is 5.82 Å². The zero-order valence-electron chi connectivity index (χ0n) is 10.9. The standard InChI is InChI=1S/C13H17N3OS/c1-7-8(2)18-13-10(7)12(14-3)15-11(16-13)9-5-4-6-17-9/h9H,4-6H2,1-3H3,(H,14,15,16). The number of aromatic nitrogens is 2. The Bertz CT molecular complexity index is 587. The lowest BCUT2D eigenvalue weighted by atomic mass is 10.2. The third kappa shape index (κ3) is 1.78. The lowest BCUT2D eigenvalue weighted by Crippen LogP contribution is -2.05. The van der Waals surface area contributed by atoms with Gasteiger partial charge in [-0.15, -0.1) is 11.3 Å². The van der Waals surface area contributed by atoms with E-state index >= 15 is 0 Å². The molecule has 1 saturated heterocycles. The average molecular weight is 263 g/mol. The molecule has 4 nitrogen and oxygen atoms in total. The van der Waals surface area contributed by atoms with Crippen LogP contribution in [0.5, 0.6) is 0 Å². The predicted molar refractivity (Wildman–Crippen MR) is 74.4 cm³/mol. The Labute approximate surface area is 110 Å². The van der Waals surface area contributed by atoms with Gasteiger partial charge in [0.15, 0.2) is 5.82 Å². The lowest BCUT2D eigenvalue weighted by molar-refractivity contribution is 0.105. The minimum Gasteiger partial charge on any atom is -0.372 e. The van der Waals surface area contributed by atoms with Gasteiger partial charge in [-0.1, -0.05) is 0 Å². The smallest absolute Gasteiger partial charge is 0.161 e. The van der Waals surface area contributed by atoms with Gasteiger partial charge in [0, 0.05) is 18.5 Å². The minimum atomic E-state index is 0.0733. The second kappa shape index (κ2) is 4.48. The van der Waals surface area contributed by atoms with Crippen LogP contribution in [0, 0.1) is 13.8 Å². The Hall–Kier alpha value is -1.20. The van der Waals surface area contributed by atoms with E-state index in [-0.39, 0.29) is 6.10 Å². The van der Waals surface area contributed by atoms with Gasteiger partial charge in [-0.05, 0) is 32.3 Å². The largest absolute Gasteiger partial charge is 0.372 e. The number of hydrogen-bond donors (Lipinski definition) is 1. The molecule has 1 unspecified atom stereocenters. The van der Waals surface area contributed by atoms with Crippen LogP contribution in [-0.2, 0) is 4.74 Å². The molecule has 0 amide bonds. The fourth-order valence-electron chi connectivity index (χ4n) is 2.37. The number of hydrogen-bond acceptors (Lipinski definition) is 5. The molecule has 3 rings (SSSR count). The van der Waals surface area contributed by atoms with Crippen LogP contribution in [0.3, 0.4) is 0 Å². The van der Waals surface area contributed by atoms with Crippen molar-refractivity contribution < 1.29 is 4.74 Å². The highest BCUT2D eigenvalue weighted by Gasteiger charge is 2.23. The van der Waals surface area contributed by atoms with E-state index in [0.717, 1.165) is 41.3 Å². The first-order chi connectivity index (χ1) is 8.70. The molecule has 0 aliphatic carbocycles. The number of nitrogens with zero attached hydrogens (tertiary/aromatic N) is 2. The monoisotopic (exact) mass is 263 g/mol. The van der Waals surface area contributed by atoms with Crippen molar-refractivity contribution in [2.45, 2.75) is 32.8 Å². The van der Waals surface area contributed by atoms with E-state index in [1.54, 1.807) is 11.3 Å². The predicted octanol–water partition coefficient (Wildman–Crippen LogP) is 3.20. The van der Waals surface area contributed by atoms with Crippen molar-refractivity contribution in [2.24, 2.45) is 0 Å². The van der Waals surface area contributed by atoms with E-state index in [9.17, 15) is 0 Å². The normalized spacial score (nSPS) is 19.6. The summed E-state index contributed by atoms with van der Waals surface area (Å²) in [6, 6.07) is 0. The van der Waals surface area contributed by atoms with Gasteiger partial charge in [0.25, 0.3) is 0 Å². The van der Waals surface area contributed by atoms with Crippen molar-refractivity contribution in [2.75, 3.05) is 19.0 Å². The molecule has 0 radical (unpaired) electrons. The highest BCUT2D eigenvalue weighted by molar-refractivity contribution is 7.18. The number of anilines is 1. The fraction of sp³-hybridized carbons (Fsp3) is 0.538. The van der Waals surface area contributed by atoms with Crippen molar-refractivity contribution in [3.8, 4) is 0 Å². The number of fused-ring (bicyclic) bond motifs is 1. The summed E-state index contributed by atoms with van der Waals surface area (Å²) in [7, 11) is 1.91. The molecule has 0 bridgehead atoms. The first-order valence-electron chi connectivity index (χ1n) is 6.27. The highest BCUT2D eigenvalue weighted by Crippen LogP contribution is 2.35. The maximum atomic E-state index is 5.68. The fourth-order valence-corrected chi connectivity index (χ4v) is 3.41. The molecule has 0 saturated carbocycles. The Morgan fingerprint density at radius 1 is 1.33 bits per heavy atom. The molecular formula is C13H17N3OS. The quantitative estimate of drug-likeness (QED) is 0.904. The topological polar surface area (TPSA) is 47.0 Å². The van der Waals surface area contributed by atoms with Crippen molar-refractivity contribution >= 4 is 27.4 Å². The maximum Gasteiger partial charge on any atom is 0.161 e. The lowest BCUT2D eigenvalue weighted by Gasteiger charge is -2.10. The molecule has 0 aromatic carbocycles. The van der Waals surface area contributed by atoms with Crippen LogP contribution < -0.4 is 5.32 Å². The third-order valence-electron chi connectivity index (χ3n) is 3.50. The van der Waals surface area contributed by atoms with Crippen molar-refractivity contribution in [3.05, 3.63) is 16.3 Å². The summed E-state index contributed by atoms with van der Waals surface area (Å²) < 4.78 is 5.68. The summed E-state index contributed by atoms with van der Waals surface area (Å²) in [6.45, 7) is 5.08. The molecule has 1 N–H and O–H groups in total. The van der Waals surface area contributed by atoms with Gasteiger partial charge in [0.05, 0.1) is 5.39 Å². The molecule has 2 aromatic heterocycles. The van der Waals surface area contributed by atoms with Crippen LogP contribution in [-0.4, -0.2) is 23.6 Å². The van der Waals surface area contributed by atoms with Gasteiger partial charge in [0.1, 0.15) is 16.8 Å². The summed E-state index contributed by atoms with van der Waals surface area (Å²) in [6.07, 6.45) is 2.20. The number of nitrogens with one attached hydrogen (secondary N) is 1. The molecule has 1 atom stereocenters. The third-order valence-corrected chi connectivity index (χ3v) is 4.60. The molecule has 96 valence electrons. The zero-order chi connectivity index (χ0) is 12.7. The second-order valence-electron chi connectivity index (χ2n) is 4.65. The van der Waals surface area contributed by atoms with E-state index < -0.39 is 0 Å². The first-order valence-corrected chi connectivity index (χ1v) is 7.09. The number of ether oxygens (including phenoxy) is 1. The number of thiophene rings is 1. The Balaban J connectivity index is 2.18. The molecule has 0 spiro atoms. The van der Waals surface area contributed by atoms with E-state index in [2.05, 4.69) is 29.1 Å². The Morgan fingerprint density at radius 2 is 2.17 bits per heavy atom. The highest BCUT2D eigenvalue weighted by atomic mass is 32.1. The zero-order valence-corrected chi connectivity index (χ0v) is 11.7. The van der Waals surface area contributed by atoms with E-state index in [0.29, 0.717) is 0 Å². The maximum absolute atomic E-state index is 5.68. The Morgan fingerprint density at radius 3 is 2.83 bits per heavy atom. The number of aryl methyl sites for hydroxylation is 2. The summed E-state index contributed by atoms with van der Waals surface area (Å²) in [5.74, 6) is 1.75. The van der Waals surface area contributed by atoms with E-state index in [1.807, 2.05) is 7.05 Å². The average Bonchev–Trinajstić information content (AvgIpc) is 2.98. The Kier molecular flexibility index (Phi) is 2.95. The van der Waals surface area contributed by atoms with E-state index in [1.165, 1.54) is 10.4 Å². The van der Waals surface area contributed by atoms with Crippen LogP contribution in [0.1, 0.15) is 35.2 Å². The SMILES string of the molecule is CNc1nc(C2CCCO2)nc2sc(C)c(C)c12. The first kappa shape index (κ1) is 11.9. The van der Waals surface area contributed by atoms with E-state index in [4.69, 9.17) is 4.74 Å². The van der Waals surface area contributed by atoms with Crippen molar-refractivity contribution in [1.82, 2.24) is 9.97 Å². The molecule has 1 aliphatic rings. The molecule has 18 heavy (non-hydrogen) atoms. The van der Waals surface area contributed by atoms with Crippen LogP contribution in [0.15, 0.2) is 0 Å². The van der Waals surface area contributed by atoms with Crippen molar-refractivity contribution in [1.29, 1.82) is 0 Å². The summed E-state index contributed by atoms with van der Waals surface area (Å²) in [5.41, 5.74) is 1.28. The van der Waals surface area contributed by atoms with Crippen LogP contribution >= 0.6 is 11.3 Å². The molecular weight excluding hydrogens is 246 g/mol. The second-order valence-corrected chi connectivity index (χ2v) is 5.85. The summed E-state index contributed by atoms with van der Waals surface area (Å²) in [4.78, 5) is 11.7. The molecule has 2 aromatic rings. The molecule has 1 fully saturated rings. The van der Waals surface area contributed by atoms with Gasteiger partial charge < -0.3 is 10.1 Å². The molecule has 1 aliphatic heterocycles. The van der Waals surface area contributed by atoms with Gasteiger partial charge in [-0.3, -0.25) is 0 Å². The number of rotatable bonds is 2. The van der Waals surface area contributed by atoms with Gasteiger partial charge in [-0.25, -0.2) is 9.97 Å². The van der Waals surface area contributed by atoms with Crippen molar-refractivity contribution in [3.63, 3.8) is 0 Å². The summed E-state index contributed by atoms with van der Waals surface area (Å²) in [5, 5.41) is 4.34. The molecule has 3 heterocycles.